The van der Waals surface area contributed by atoms with Gasteiger partial charge in [0, 0.05) is 25.9 Å². The summed E-state index contributed by atoms with van der Waals surface area (Å²) in [7, 11) is 0. The number of pyridine rings is 1. The van der Waals surface area contributed by atoms with Crippen LogP contribution in [0.25, 0.3) is 0 Å². The maximum absolute atomic E-state index is 10.8. The van der Waals surface area contributed by atoms with E-state index < -0.39 is 24.3 Å². The lowest BCUT2D eigenvalue weighted by Gasteiger charge is -2.28. The van der Waals surface area contributed by atoms with Crippen molar-refractivity contribution in [3.05, 3.63) is 30.1 Å². The third-order valence-corrected chi connectivity index (χ3v) is 5.35. The van der Waals surface area contributed by atoms with Crippen LogP contribution in [0.4, 0.5) is 0 Å². The van der Waals surface area contributed by atoms with Gasteiger partial charge in [0.2, 0.25) is 0 Å². The maximum atomic E-state index is 10.8. The van der Waals surface area contributed by atoms with Gasteiger partial charge in [-0.15, -0.1) is 12.4 Å². The molecule has 0 spiro atoms. The second-order valence-electron chi connectivity index (χ2n) is 8.34. The van der Waals surface area contributed by atoms with Crippen molar-refractivity contribution in [1.29, 1.82) is 0 Å². The maximum Gasteiger partial charge on any atom is 0.190 e. The Bertz CT molecular complexity index is 606. The van der Waals surface area contributed by atoms with Gasteiger partial charge in [-0.1, -0.05) is 38.7 Å². The standard InChI is InChI=1S/C22H36N2O5.ClH/c1-4-5-6-7-10-13-26-19-18(27-21-20(19)28-22(2,3)29-21)17(25)15-23-14-16-11-8-9-12-24-16;/h8-9,11-12,17-21,23,25H,4-7,10,13-15H2,1-3H3;1H/t17?,18-,19+,20-,21-;/m1./s1. The van der Waals surface area contributed by atoms with Crippen LogP contribution >= 0.6 is 12.4 Å². The molecule has 8 heteroatoms. The zero-order chi connectivity index (χ0) is 20.7. The van der Waals surface area contributed by atoms with E-state index in [0.29, 0.717) is 19.7 Å². The van der Waals surface area contributed by atoms with Gasteiger partial charge in [-0.05, 0) is 32.4 Å². The van der Waals surface area contributed by atoms with Crippen molar-refractivity contribution in [1.82, 2.24) is 10.3 Å². The lowest BCUT2D eigenvalue weighted by Crippen LogP contribution is -2.46. The molecule has 3 heterocycles. The van der Waals surface area contributed by atoms with Crippen LogP contribution in [0.2, 0.25) is 0 Å². The summed E-state index contributed by atoms with van der Waals surface area (Å²) in [5.41, 5.74) is 0.928. The summed E-state index contributed by atoms with van der Waals surface area (Å²) in [6, 6.07) is 5.78. The number of unbranched alkanes of at least 4 members (excludes halogenated alkanes) is 4. The molecule has 0 radical (unpaired) electrons. The number of hydrogen-bond donors (Lipinski definition) is 2. The van der Waals surface area contributed by atoms with Gasteiger partial charge in [0.25, 0.3) is 0 Å². The largest absolute Gasteiger partial charge is 0.389 e. The monoisotopic (exact) mass is 444 g/mol. The van der Waals surface area contributed by atoms with Crippen LogP contribution in [0.5, 0.6) is 0 Å². The molecule has 3 rings (SSSR count). The van der Waals surface area contributed by atoms with Gasteiger partial charge < -0.3 is 29.4 Å². The molecule has 1 unspecified atom stereocenters. The predicted octanol–water partition coefficient (Wildman–Crippen LogP) is 3.19. The normalized spacial score (nSPS) is 28.1. The summed E-state index contributed by atoms with van der Waals surface area (Å²) in [6.07, 6.45) is 5.21. The zero-order valence-electron chi connectivity index (χ0n) is 18.3. The lowest BCUT2D eigenvalue weighted by molar-refractivity contribution is -0.229. The molecule has 0 amide bonds. The Morgan fingerprint density at radius 2 is 2.00 bits per heavy atom. The van der Waals surface area contributed by atoms with Gasteiger partial charge in [0.1, 0.15) is 18.3 Å². The zero-order valence-corrected chi connectivity index (χ0v) is 19.1. The molecule has 5 atom stereocenters. The molecule has 7 nitrogen and oxygen atoms in total. The van der Waals surface area contributed by atoms with Gasteiger partial charge in [-0.25, -0.2) is 0 Å². The fourth-order valence-electron chi connectivity index (χ4n) is 3.90. The van der Waals surface area contributed by atoms with Gasteiger partial charge in [-0.3, -0.25) is 4.98 Å². The predicted molar refractivity (Wildman–Crippen MR) is 116 cm³/mol. The number of rotatable bonds is 12. The first-order chi connectivity index (χ1) is 14.0. The molecule has 0 aliphatic carbocycles. The van der Waals surface area contributed by atoms with Crippen molar-refractivity contribution in [2.45, 2.75) is 95.9 Å². The molecule has 0 bridgehead atoms. The van der Waals surface area contributed by atoms with Gasteiger partial charge in [0.15, 0.2) is 12.1 Å². The van der Waals surface area contributed by atoms with E-state index in [0.717, 1.165) is 18.5 Å². The lowest BCUT2D eigenvalue weighted by atomic mass is 10.1. The molecule has 0 saturated carbocycles. The molecule has 30 heavy (non-hydrogen) atoms. The molecule has 1 aromatic heterocycles. The Morgan fingerprint density at radius 1 is 1.20 bits per heavy atom. The van der Waals surface area contributed by atoms with Crippen molar-refractivity contribution in [2.75, 3.05) is 13.2 Å². The summed E-state index contributed by atoms with van der Waals surface area (Å²) in [4.78, 5) is 4.28. The quantitative estimate of drug-likeness (QED) is 0.479. The number of aliphatic hydroxyl groups excluding tert-OH is 1. The van der Waals surface area contributed by atoms with Gasteiger partial charge in [-0.2, -0.15) is 0 Å². The van der Waals surface area contributed by atoms with Crippen molar-refractivity contribution in [3.63, 3.8) is 0 Å². The fraction of sp³-hybridized carbons (Fsp3) is 0.773. The first-order valence-corrected chi connectivity index (χ1v) is 10.9. The minimum atomic E-state index is -0.732. The third-order valence-electron chi connectivity index (χ3n) is 5.35. The molecule has 2 saturated heterocycles. The van der Waals surface area contributed by atoms with Crippen LogP contribution in [-0.4, -0.2) is 59.7 Å². The second kappa shape index (κ2) is 12.3. The number of hydrogen-bond acceptors (Lipinski definition) is 7. The summed E-state index contributed by atoms with van der Waals surface area (Å²) >= 11 is 0. The van der Waals surface area contributed by atoms with E-state index in [9.17, 15) is 5.11 Å². The molecule has 2 aliphatic rings. The molecule has 2 N–H and O–H groups in total. The van der Waals surface area contributed by atoms with Gasteiger partial charge in [0.05, 0.1) is 11.8 Å². The fourth-order valence-corrected chi connectivity index (χ4v) is 3.90. The Morgan fingerprint density at radius 3 is 2.73 bits per heavy atom. The number of halogens is 1. The van der Waals surface area contributed by atoms with Crippen molar-refractivity contribution < 1.29 is 24.1 Å². The number of nitrogens with zero attached hydrogens (tertiary/aromatic N) is 1. The second-order valence-corrected chi connectivity index (χ2v) is 8.34. The van der Waals surface area contributed by atoms with Crippen LogP contribution in [0.3, 0.4) is 0 Å². The first-order valence-electron chi connectivity index (χ1n) is 10.9. The van der Waals surface area contributed by atoms with Crippen molar-refractivity contribution >= 4 is 12.4 Å². The van der Waals surface area contributed by atoms with Gasteiger partial charge >= 0.3 is 0 Å². The Kier molecular flexibility index (Phi) is 10.4. The van der Waals surface area contributed by atoms with E-state index in [1.165, 1.54) is 19.3 Å². The number of ether oxygens (including phenoxy) is 4. The molecule has 172 valence electrons. The van der Waals surface area contributed by atoms with Crippen LogP contribution in [0.1, 0.15) is 58.6 Å². The minimum Gasteiger partial charge on any atom is -0.389 e. The number of aliphatic hydroxyl groups is 1. The van der Waals surface area contributed by atoms with Crippen molar-refractivity contribution in [2.24, 2.45) is 0 Å². The average molecular weight is 445 g/mol. The minimum absolute atomic E-state index is 0. The molecule has 2 fully saturated rings. The number of fused-ring (bicyclic) bond motifs is 1. The first kappa shape index (κ1) is 25.5. The topological polar surface area (TPSA) is 82.1 Å². The smallest absolute Gasteiger partial charge is 0.190 e. The van der Waals surface area contributed by atoms with E-state index in [1.807, 2.05) is 32.0 Å². The van der Waals surface area contributed by atoms with E-state index in [-0.39, 0.29) is 24.6 Å². The molecule has 1 aromatic rings. The average Bonchev–Trinajstić information content (AvgIpc) is 3.17. The summed E-state index contributed by atoms with van der Waals surface area (Å²) in [5, 5.41) is 14.0. The van der Waals surface area contributed by atoms with E-state index >= 15 is 0 Å². The Labute approximate surface area is 186 Å². The highest BCUT2D eigenvalue weighted by molar-refractivity contribution is 5.85. The highest BCUT2D eigenvalue weighted by atomic mass is 35.5. The third kappa shape index (κ3) is 7.12. The summed E-state index contributed by atoms with van der Waals surface area (Å²) in [6.45, 7) is 7.54. The van der Waals surface area contributed by atoms with Crippen molar-refractivity contribution in [3.8, 4) is 0 Å². The summed E-state index contributed by atoms with van der Waals surface area (Å²) in [5.74, 6) is -0.703. The number of nitrogens with one attached hydrogen (secondary N) is 1. The Balaban J connectivity index is 0.00000320. The van der Waals surface area contributed by atoms with E-state index in [4.69, 9.17) is 18.9 Å². The van der Waals surface area contributed by atoms with E-state index in [1.54, 1.807) is 6.20 Å². The van der Waals surface area contributed by atoms with Crippen LogP contribution in [-0.2, 0) is 25.5 Å². The summed E-state index contributed by atoms with van der Waals surface area (Å²) < 4.78 is 24.0. The molecule has 2 aliphatic heterocycles. The van der Waals surface area contributed by atoms with E-state index in [2.05, 4.69) is 17.2 Å². The molecular weight excluding hydrogens is 408 g/mol. The van der Waals surface area contributed by atoms with Crippen LogP contribution in [0.15, 0.2) is 24.4 Å². The Hall–Kier alpha value is -0.800. The molecule has 0 aromatic carbocycles. The highest BCUT2D eigenvalue weighted by Crippen LogP contribution is 2.39. The SMILES string of the molecule is CCCCCCCO[C@@H]1[C@H]2OC(C)(C)O[C@H]2O[C@@H]1C(O)CNCc1ccccn1.Cl. The number of aromatic nitrogens is 1. The van der Waals surface area contributed by atoms with Crippen LogP contribution in [0, 0.1) is 0 Å². The van der Waals surface area contributed by atoms with Crippen LogP contribution < -0.4 is 5.32 Å². The highest BCUT2D eigenvalue weighted by Gasteiger charge is 2.56. The molecular formula is C22H37ClN2O5.